The maximum atomic E-state index is 11.9. The van der Waals surface area contributed by atoms with Gasteiger partial charge in [0.2, 0.25) is 11.8 Å². The Labute approximate surface area is 116 Å². The lowest BCUT2D eigenvalue weighted by molar-refractivity contribution is -0.133. The summed E-state index contributed by atoms with van der Waals surface area (Å²) in [4.78, 5) is 23.6. The molecule has 0 saturated heterocycles. The minimum Gasteiger partial charge on any atom is -0.396 e. The molecule has 19 heavy (non-hydrogen) atoms. The Morgan fingerprint density at radius 2 is 1.68 bits per heavy atom. The Balaban J connectivity index is 4.26. The maximum absolute atomic E-state index is 11.9. The topological polar surface area (TPSA) is 78.4 Å². The van der Waals surface area contributed by atoms with Crippen molar-refractivity contribution in [1.82, 2.24) is 10.6 Å². The molecule has 5 heteroatoms. The molecule has 0 bridgehead atoms. The van der Waals surface area contributed by atoms with E-state index in [0.717, 1.165) is 0 Å². The zero-order valence-electron chi connectivity index (χ0n) is 13.0. The number of rotatable bonds is 6. The third kappa shape index (κ3) is 7.15. The summed E-state index contributed by atoms with van der Waals surface area (Å²) in [5.74, 6) is -0.353. The van der Waals surface area contributed by atoms with Crippen LogP contribution in [0.15, 0.2) is 0 Å². The molecule has 0 radical (unpaired) electrons. The molecule has 5 nitrogen and oxygen atoms in total. The third-order valence-electron chi connectivity index (χ3n) is 2.95. The standard InChI is InChI=1S/C14H28N2O3/c1-10(16-12(19)13(2,3)4)11(18)15-9-14(5,6)7-8-17/h10,17H,7-9H2,1-6H3,(H,15,18)(H,16,19). The van der Waals surface area contributed by atoms with E-state index in [1.807, 2.05) is 13.8 Å². The van der Waals surface area contributed by atoms with Crippen LogP contribution in [0, 0.1) is 10.8 Å². The van der Waals surface area contributed by atoms with E-state index in [2.05, 4.69) is 10.6 Å². The summed E-state index contributed by atoms with van der Waals surface area (Å²) in [5.41, 5.74) is -0.664. The first-order valence-electron chi connectivity index (χ1n) is 6.69. The second kappa shape index (κ2) is 6.89. The molecule has 0 aliphatic carbocycles. The van der Waals surface area contributed by atoms with Crippen LogP contribution in [0.5, 0.6) is 0 Å². The summed E-state index contributed by atoms with van der Waals surface area (Å²) >= 11 is 0. The molecule has 0 aliphatic rings. The van der Waals surface area contributed by atoms with E-state index in [1.165, 1.54) is 0 Å². The predicted molar refractivity (Wildman–Crippen MR) is 75.6 cm³/mol. The Morgan fingerprint density at radius 3 is 2.11 bits per heavy atom. The lowest BCUT2D eigenvalue weighted by Gasteiger charge is -2.26. The number of aliphatic hydroxyl groups is 1. The van der Waals surface area contributed by atoms with Crippen LogP contribution in [-0.4, -0.2) is 36.1 Å². The van der Waals surface area contributed by atoms with Crippen LogP contribution in [0.4, 0.5) is 0 Å². The van der Waals surface area contributed by atoms with Crippen LogP contribution in [0.2, 0.25) is 0 Å². The Bertz CT molecular complexity index is 319. The predicted octanol–water partition coefficient (Wildman–Crippen LogP) is 1.06. The number of amides is 2. The van der Waals surface area contributed by atoms with Crippen molar-refractivity contribution in [1.29, 1.82) is 0 Å². The fourth-order valence-corrected chi connectivity index (χ4v) is 1.35. The average Bonchev–Trinajstić information content (AvgIpc) is 2.24. The first-order valence-corrected chi connectivity index (χ1v) is 6.69. The molecule has 0 aromatic rings. The quantitative estimate of drug-likeness (QED) is 0.676. The molecule has 112 valence electrons. The van der Waals surface area contributed by atoms with Gasteiger partial charge in [0, 0.05) is 18.6 Å². The molecule has 0 aromatic heterocycles. The molecular weight excluding hydrogens is 244 g/mol. The second-order valence-corrected chi connectivity index (χ2v) is 6.80. The van der Waals surface area contributed by atoms with Crippen molar-refractivity contribution in [3.63, 3.8) is 0 Å². The van der Waals surface area contributed by atoms with Gasteiger partial charge >= 0.3 is 0 Å². The van der Waals surface area contributed by atoms with Gasteiger partial charge in [-0.2, -0.15) is 0 Å². The normalized spacial score (nSPS) is 13.8. The van der Waals surface area contributed by atoms with Crippen molar-refractivity contribution in [2.45, 2.75) is 54.0 Å². The van der Waals surface area contributed by atoms with Crippen molar-refractivity contribution in [2.24, 2.45) is 10.8 Å². The summed E-state index contributed by atoms with van der Waals surface area (Å²) in [6.07, 6.45) is 0.621. The first-order chi connectivity index (χ1) is 8.49. The number of hydrogen-bond acceptors (Lipinski definition) is 3. The monoisotopic (exact) mass is 272 g/mol. The van der Waals surface area contributed by atoms with Crippen LogP contribution in [-0.2, 0) is 9.59 Å². The van der Waals surface area contributed by atoms with Gasteiger partial charge in [0.05, 0.1) is 0 Å². The van der Waals surface area contributed by atoms with Gasteiger partial charge in [0.1, 0.15) is 6.04 Å². The van der Waals surface area contributed by atoms with Crippen molar-refractivity contribution in [2.75, 3.05) is 13.2 Å². The van der Waals surface area contributed by atoms with E-state index in [4.69, 9.17) is 5.11 Å². The molecular formula is C14H28N2O3. The van der Waals surface area contributed by atoms with E-state index in [1.54, 1.807) is 27.7 Å². The molecule has 0 heterocycles. The smallest absolute Gasteiger partial charge is 0.242 e. The van der Waals surface area contributed by atoms with Crippen LogP contribution >= 0.6 is 0 Å². The average molecular weight is 272 g/mol. The van der Waals surface area contributed by atoms with Gasteiger partial charge in [-0.25, -0.2) is 0 Å². The summed E-state index contributed by atoms with van der Waals surface area (Å²) in [7, 11) is 0. The molecule has 0 aromatic carbocycles. The molecule has 2 amide bonds. The highest BCUT2D eigenvalue weighted by atomic mass is 16.3. The van der Waals surface area contributed by atoms with Gasteiger partial charge in [-0.15, -0.1) is 0 Å². The van der Waals surface area contributed by atoms with E-state index in [-0.39, 0.29) is 23.8 Å². The zero-order chi connectivity index (χ0) is 15.3. The van der Waals surface area contributed by atoms with Gasteiger partial charge in [0.15, 0.2) is 0 Å². The fraction of sp³-hybridized carbons (Fsp3) is 0.857. The molecule has 1 atom stereocenters. The van der Waals surface area contributed by atoms with E-state index in [0.29, 0.717) is 13.0 Å². The molecule has 0 saturated carbocycles. The lowest BCUT2D eigenvalue weighted by Crippen LogP contribution is -2.49. The van der Waals surface area contributed by atoms with E-state index in [9.17, 15) is 9.59 Å². The number of aliphatic hydroxyl groups excluding tert-OH is 1. The third-order valence-corrected chi connectivity index (χ3v) is 2.95. The summed E-state index contributed by atoms with van der Waals surface area (Å²) < 4.78 is 0. The molecule has 0 spiro atoms. The molecule has 0 rings (SSSR count). The summed E-state index contributed by atoms with van der Waals surface area (Å²) in [5, 5.41) is 14.4. The van der Waals surface area contributed by atoms with Gasteiger partial charge in [-0.1, -0.05) is 34.6 Å². The molecule has 0 fully saturated rings. The highest BCUT2D eigenvalue weighted by Gasteiger charge is 2.26. The fourth-order valence-electron chi connectivity index (χ4n) is 1.35. The second-order valence-electron chi connectivity index (χ2n) is 6.80. The maximum Gasteiger partial charge on any atom is 0.242 e. The highest BCUT2D eigenvalue weighted by Crippen LogP contribution is 2.18. The SMILES string of the molecule is CC(NC(=O)C(C)(C)C)C(=O)NCC(C)(C)CCO. The number of carbonyl (C=O) groups excluding carboxylic acids is 2. The Hall–Kier alpha value is -1.10. The van der Waals surface area contributed by atoms with Crippen LogP contribution in [0.25, 0.3) is 0 Å². The number of carbonyl (C=O) groups is 2. The van der Waals surface area contributed by atoms with Crippen molar-refractivity contribution >= 4 is 11.8 Å². The van der Waals surface area contributed by atoms with Gasteiger partial charge in [-0.3, -0.25) is 9.59 Å². The van der Waals surface area contributed by atoms with Crippen molar-refractivity contribution < 1.29 is 14.7 Å². The minimum atomic E-state index is -0.559. The summed E-state index contributed by atoms with van der Waals surface area (Å²) in [6, 6.07) is -0.559. The Kier molecular flexibility index (Phi) is 6.49. The van der Waals surface area contributed by atoms with Gasteiger partial charge < -0.3 is 15.7 Å². The molecule has 1 unspecified atom stereocenters. The molecule has 3 N–H and O–H groups in total. The number of nitrogens with one attached hydrogen (secondary N) is 2. The largest absolute Gasteiger partial charge is 0.396 e. The summed E-state index contributed by atoms with van der Waals surface area (Å²) in [6.45, 7) is 11.6. The van der Waals surface area contributed by atoms with Crippen molar-refractivity contribution in [3.05, 3.63) is 0 Å². The highest BCUT2D eigenvalue weighted by molar-refractivity contribution is 5.89. The van der Waals surface area contributed by atoms with Gasteiger partial charge in [0.25, 0.3) is 0 Å². The number of hydrogen-bond donors (Lipinski definition) is 3. The van der Waals surface area contributed by atoms with E-state index >= 15 is 0 Å². The van der Waals surface area contributed by atoms with Gasteiger partial charge in [-0.05, 0) is 18.8 Å². The van der Waals surface area contributed by atoms with E-state index < -0.39 is 11.5 Å². The molecule has 0 aliphatic heterocycles. The first kappa shape index (κ1) is 17.9. The Morgan fingerprint density at radius 1 is 1.16 bits per heavy atom. The van der Waals surface area contributed by atoms with Crippen LogP contribution in [0.3, 0.4) is 0 Å². The zero-order valence-corrected chi connectivity index (χ0v) is 13.0. The minimum absolute atomic E-state index is 0.0964. The van der Waals surface area contributed by atoms with Crippen molar-refractivity contribution in [3.8, 4) is 0 Å². The van der Waals surface area contributed by atoms with Crippen LogP contribution in [0.1, 0.15) is 48.0 Å². The van der Waals surface area contributed by atoms with Crippen LogP contribution < -0.4 is 10.6 Å². The lowest BCUT2D eigenvalue weighted by atomic mass is 9.89.